The highest BCUT2D eigenvalue weighted by Crippen LogP contribution is 2.21. The van der Waals surface area contributed by atoms with Crippen LogP contribution in [0.2, 0.25) is 0 Å². The molecule has 1 N–H and O–H groups in total. The zero-order valence-electron chi connectivity index (χ0n) is 13.5. The van der Waals surface area contributed by atoms with Crippen LogP contribution in [-0.4, -0.2) is 12.6 Å². The van der Waals surface area contributed by atoms with Gasteiger partial charge in [-0.05, 0) is 45.1 Å². The molecule has 0 aromatic rings. The molecule has 2 aliphatic carbocycles. The molecule has 0 amide bonds. The highest BCUT2D eigenvalue weighted by atomic mass is 14.9. The quantitative estimate of drug-likeness (QED) is 0.645. The first-order valence-electron chi connectivity index (χ1n) is 9.36. The third-order valence-electron chi connectivity index (χ3n) is 5.12. The summed E-state index contributed by atoms with van der Waals surface area (Å²) in [6.07, 6.45) is 23.9. The van der Waals surface area contributed by atoms with Crippen molar-refractivity contribution in [2.45, 2.75) is 102 Å². The fourth-order valence-electron chi connectivity index (χ4n) is 3.77. The van der Waals surface area contributed by atoms with E-state index >= 15 is 0 Å². The van der Waals surface area contributed by atoms with Crippen molar-refractivity contribution < 1.29 is 0 Å². The van der Waals surface area contributed by atoms with Crippen LogP contribution in [0, 0.1) is 0 Å². The normalized spacial score (nSPS) is 23.9. The minimum atomic E-state index is 0.802. The molecular weight excluding hydrogens is 242 g/mol. The minimum Gasteiger partial charge on any atom is -0.314 e. The van der Waals surface area contributed by atoms with E-state index in [0.29, 0.717) is 0 Å². The molecule has 0 aliphatic heterocycles. The number of nitrogens with one attached hydrogen (secondary N) is 1. The number of hydrogen-bond acceptors (Lipinski definition) is 1. The first-order chi connectivity index (χ1) is 9.95. The molecule has 0 radical (unpaired) electrons. The smallest absolute Gasteiger partial charge is 0.00671 e. The molecule has 0 spiro atoms. The molecule has 0 heterocycles. The van der Waals surface area contributed by atoms with Gasteiger partial charge in [-0.2, -0.15) is 0 Å². The van der Waals surface area contributed by atoms with Gasteiger partial charge in [-0.1, -0.05) is 69.4 Å². The van der Waals surface area contributed by atoms with Crippen LogP contribution in [-0.2, 0) is 0 Å². The summed E-state index contributed by atoms with van der Waals surface area (Å²) in [5.74, 6) is 0. The Bertz CT molecular complexity index is 257. The summed E-state index contributed by atoms with van der Waals surface area (Å²) in [5.41, 5.74) is 1.71. The highest BCUT2D eigenvalue weighted by Gasteiger charge is 2.10. The fraction of sp³-hybridized carbons (Fsp3) is 0.895. The van der Waals surface area contributed by atoms with Crippen LogP contribution < -0.4 is 5.32 Å². The Morgan fingerprint density at radius 1 is 0.800 bits per heavy atom. The van der Waals surface area contributed by atoms with Gasteiger partial charge in [0.15, 0.2) is 0 Å². The van der Waals surface area contributed by atoms with E-state index in [0.717, 1.165) is 6.04 Å². The third kappa shape index (κ3) is 6.92. The standard InChI is InChI=1S/C19H35N/c1-2-4-6-8-14-19(15-9-7-5-3-1)20-17-16-18-12-10-11-13-18/h12,19-20H,1-11,13-17H2. The molecule has 1 nitrogen and oxygen atoms in total. The summed E-state index contributed by atoms with van der Waals surface area (Å²) >= 11 is 0. The molecular formula is C19H35N. The number of hydrogen-bond donors (Lipinski definition) is 1. The monoisotopic (exact) mass is 277 g/mol. The molecule has 0 saturated heterocycles. The summed E-state index contributed by atoms with van der Waals surface area (Å²) in [7, 11) is 0. The zero-order chi connectivity index (χ0) is 13.9. The SMILES string of the molecule is C1=C(CCNC2CCCCCCCCCCC2)CCC1. The first-order valence-corrected chi connectivity index (χ1v) is 9.36. The van der Waals surface area contributed by atoms with Crippen LogP contribution in [0.4, 0.5) is 0 Å². The summed E-state index contributed by atoms with van der Waals surface area (Å²) < 4.78 is 0. The largest absolute Gasteiger partial charge is 0.314 e. The molecule has 2 rings (SSSR count). The van der Waals surface area contributed by atoms with E-state index in [-0.39, 0.29) is 0 Å². The van der Waals surface area contributed by atoms with Gasteiger partial charge >= 0.3 is 0 Å². The third-order valence-corrected chi connectivity index (χ3v) is 5.12. The van der Waals surface area contributed by atoms with Gasteiger partial charge in [0.25, 0.3) is 0 Å². The van der Waals surface area contributed by atoms with Gasteiger partial charge in [0.05, 0.1) is 0 Å². The molecule has 1 saturated carbocycles. The van der Waals surface area contributed by atoms with Crippen LogP contribution in [0.3, 0.4) is 0 Å². The molecule has 0 aromatic heterocycles. The Morgan fingerprint density at radius 2 is 1.40 bits per heavy atom. The van der Waals surface area contributed by atoms with E-state index in [4.69, 9.17) is 0 Å². The van der Waals surface area contributed by atoms with Crippen molar-refractivity contribution >= 4 is 0 Å². The van der Waals surface area contributed by atoms with E-state index in [1.165, 1.54) is 103 Å². The second-order valence-corrected chi connectivity index (χ2v) is 6.91. The van der Waals surface area contributed by atoms with Crippen molar-refractivity contribution in [3.8, 4) is 0 Å². The average molecular weight is 277 g/mol. The molecule has 116 valence electrons. The Kier molecular flexibility index (Phi) is 8.38. The molecule has 0 atom stereocenters. The van der Waals surface area contributed by atoms with Gasteiger partial charge in [0.2, 0.25) is 0 Å². The van der Waals surface area contributed by atoms with Gasteiger partial charge < -0.3 is 5.32 Å². The van der Waals surface area contributed by atoms with Gasteiger partial charge in [0, 0.05) is 6.04 Å². The molecule has 0 aromatic carbocycles. The van der Waals surface area contributed by atoms with Gasteiger partial charge in [0.1, 0.15) is 0 Å². The van der Waals surface area contributed by atoms with Crippen molar-refractivity contribution in [2.75, 3.05) is 6.54 Å². The van der Waals surface area contributed by atoms with E-state index in [1.807, 2.05) is 0 Å². The van der Waals surface area contributed by atoms with Crippen molar-refractivity contribution in [3.63, 3.8) is 0 Å². The van der Waals surface area contributed by atoms with Crippen LogP contribution in [0.15, 0.2) is 11.6 Å². The molecule has 0 unspecified atom stereocenters. The van der Waals surface area contributed by atoms with Crippen LogP contribution in [0.1, 0.15) is 96.3 Å². The predicted octanol–water partition coefficient (Wildman–Crippen LogP) is 5.75. The lowest BCUT2D eigenvalue weighted by atomic mass is 9.98. The Morgan fingerprint density at radius 3 is 1.95 bits per heavy atom. The van der Waals surface area contributed by atoms with Gasteiger partial charge in [-0.25, -0.2) is 0 Å². The van der Waals surface area contributed by atoms with Crippen molar-refractivity contribution in [2.24, 2.45) is 0 Å². The predicted molar refractivity (Wildman–Crippen MR) is 89.1 cm³/mol. The van der Waals surface area contributed by atoms with Gasteiger partial charge in [-0.3, -0.25) is 0 Å². The summed E-state index contributed by atoms with van der Waals surface area (Å²) in [6, 6.07) is 0.802. The van der Waals surface area contributed by atoms with Crippen LogP contribution in [0.25, 0.3) is 0 Å². The molecule has 20 heavy (non-hydrogen) atoms. The van der Waals surface area contributed by atoms with Crippen LogP contribution in [0.5, 0.6) is 0 Å². The Labute approximate surface area is 126 Å². The molecule has 0 bridgehead atoms. The lowest BCUT2D eigenvalue weighted by Gasteiger charge is -2.19. The first kappa shape index (κ1) is 16.1. The zero-order valence-corrected chi connectivity index (χ0v) is 13.5. The van der Waals surface area contributed by atoms with Gasteiger partial charge in [-0.15, -0.1) is 0 Å². The second-order valence-electron chi connectivity index (χ2n) is 6.91. The van der Waals surface area contributed by atoms with Crippen molar-refractivity contribution in [3.05, 3.63) is 11.6 Å². The second kappa shape index (κ2) is 10.4. The van der Waals surface area contributed by atoms with Crippen molar-refractivity contribution in [1.82, 2.24) is 5.32 Å². The Balaban J connectivity index is 1.63. The highest BCUT2D eigenvalue weighted by molar-refractivity contribution is 5.07. The van der Waals surface area contributed by atoms with E-state index < -0.39 is 0 Å². The van der Waals surface area contributed by atoms with E-state index in [9.17, 15) is 0 Å². The maximum Gasteiger partial charge on any atom is 0.00671 e. The minimum absolute atomic E-state index is 0.802. The molecule has 1 heteroatoms. The maximum atomic E-state index is 3.86. The van der Waals surface area contributed by atoms with E-state index in [1.54, 1.807) is 5.57 Å². The summed E-state index contributed by atoms with van der Waals surface area (Å²) in [4.78, 5) is 0. The van der Waals surface area contributed by atoms with Crippen molar-refractivity contribution in [1.29, 1.82) is 0 Å². The lowest BCUT2D eigenvalue weighted by molar-refractivity contribution is 0.405. The maximum absolute atomic E-state index is 3.86. The lowest BCUT2D eigenvalue weighted by Crippen LogP contribution is -2.30. The Hall–Kier alpha value is -0.300. The average Bonchev–Trinajstić information content (AvgIpc) is 2.94. The number of rotatable bonds is 4. The van der Waals surface area contributed by atoms with E-state index in [2.05, 4.69) is 11.4 Å². The summed E-state index contributed by atoms with van der Waals surface area (Å²) in [5, 5.41) is 3.86. The molecule has 2 aliphatic rings. The van der Waals surface area contributed by atoms with Crippen LogP contribution >= 0.6 is 0 Å². The number of allylic oxidation sites excluding steroid dienone is 1. The molecule has 1 fully saturated rings. The topological polar surface area (TPSA) is 12.0 Å². The fourth-order valence-corrected chi connectivity index (χ4v) is 3.77. The summed E-state index contributed by atoms with van der Waals surface area (Å²) in [6.45, 7) is 1.22.